The van der Waals surface area contributed by atoms with E-state index in [4.69, 9.17) is 0 Å². The number of nitrogens with zero attached hydrogens (tertiary/aromatic N) is 4. The molecule has 1 aliphatic rings. The standard InChI is InChI=1S/C26H28N8O2/c1-3-27-25(35)17-9-8-16(2)21(12-17)32-26(36)28-11-10-18-14-34(22-7-5-4-6-19(18)22)24-20-13-31-33-23(20)29-15-30-24/h4-9,12-13,15,18H,3,10-11,14H2,1-2H3,(H,27,35)(H2,28,32,36)(H,29,30,31,33). The molecular formula is C26H28N8O2. The predicted molar refractivity (Wildman–Crippen MR) is 139 cm³/mol. The molecule has 0 fully saturated rings. The Bertz CT molecular complexity index is 1420. The van der Waals surface area contributed by atoms with Crippen LogP contribution in [0.2, 0.25) is 0 Å². The number of carbonyl (C=O) groups excluding carboxylic acids is 2. The molecule has 5 rings (SSSR count). The number of hydrogen-bond donors (Lipinski definition) is 4. The molecule has 4 aromatic rings. The summed E-state index contributed by atoms with van der Waals surface area (Å²) in [6, 6.07) is 13.3. The third-order valence-electron chi connectivity index (χ3n) is 6.42. The predicted octanol–water partition coefficient (Wildman–Crippen LogP) is 3.86. The highest BCUT2D eigenvalue weighted by Gasteiger charge is 2.31. The maximum Gasteiger partial charge on any atom is 0.319 e. The molecule has 2 aromatic carbocycles. The lowest BCUT2D eigenvalue weighted by Crippen LogP contribution is -2.31. The van der Waals surface area contributed by atoms with E-state index < -0.39 is 0 Å². The fourth-order valence-electron chi connectivity index (χ4n) is 4.60. The summed E-state index contributed by atoms with van der Waals surface area (Å²) in [6.45, 7) is 5.55. The first-order valence-electron chi connectivity index (χ1n) is 12.0. The SMILES string of the molecule is CCNC(=O)c1ccc(C)c(NC(=O)NCCC2CN(c3ncnc4[nH]ncc34)c3ccccc32)c1. The van der Waals surface area contributed by atoms with Crippen LogP contribution in [0.5, 0.6) is 0 Å². The van der Waals surface area contributed by atoms with E-state index >= 15 is 0 Å². The van der Waals surface area contributed by atoms with Crippen molar-refractivity contribution in [2.75, 3.05) is 29.9 Å². The number of aromatic amines is 1. The molecule has 10 heteroatoms. The van der Waals surface area contributed by atoms with E-state index in [1.54, 1.807) is 24.7 Å². The molecule has 3 heterocycles. The smallest absolute Gasteiger partial charge is 0.319 e. The highest BCUT2D eigenvalue weighted by atomic mass is 16.2. The number of nitrogens with one attached hydrogen (secondary N) is 4. The van der Waals surface area contributed by atoms with Crippen molar-refractivity contribution >= 4 is 40.2 Å². The topological polar surface area (TPSA) is 128 Å². The first-order valence-corrected chi connectivity index (χ1v) is 12.0. The number of anilines is 3. The van der Waals surface area contributed by atoms with Gasteiger partial charge in [-0.05, 0) is 49.6 Å². The van der Waals surface area contributed by atoms with Crippen LogP contribution in [0.15, 0.2) is 55.0 Å². The Morgan fingerprint density at radius 3 is 2.86 bits per heavy atom. The molecule has 184 valence electrons. The summed E-state index contributed by atoms with van der Waals surface area (Å²) in [6.07, 6.45) is 4.05. The largest absolute Gasteiger partial charge is 0.352 e. The molecular weight excluding hydrogens is 456 g/mol. The quantitative estimate of drug-likeness (QED) is 0.315. The average Bonchev–Trinajstić information content (AvgIpc) is 3.51. The number of para-hydroxylation sites is 1. The van der Waals surface area contributed by atoms with Gasteiger partial charge in [-0.15, -0.1) is 0 Å². The van der Waals surface area contributed by atoms with Crippen molar-refractivity contribution in [1.82, 2.24) is 30.8 Å². The average molecular weight is 485 g/mol. The summed E-state index contributed by atoms with van der Waals surface area (Å²) >= 11 is 0. The molecule has 0 spiro atoms. The van der Waals surface area contributed by atoms with E-state index in [9.17, 15) is 9.59 Å². The van der Waals surface area contributed by atoms with Crippen LogP contribution < -0.4 is 20.9 Å². The van der Waals surface area contributed by atoms with Crippen LogP contribution in [0, 0.1) is 6.92 Å². The summed E-state index contributed by atoms with van der Waals surface area (Å²) in [5, 5.41) is 16.5. The zero-order valence-electron chi connectivity index (χ0n) is 20.2. The van der Waals surface area contributed by atoms with E-state index in [2.05, 4.69) is 53.1 Å². The molecule has 0 radical (unpaired) electrons. The lowest BCUT2D eigenvalue weighted by atomic mass is 9.98. The number of H-pyrrole nitrogens is 1. The second-order valence-corrected chi connectivity index (χ2v) is 8.75. The van der Waals surface area contributed by atoms with Crippen LogP contribution in [0.1, 0.15) is 40.7 Å². The molecule has 1 aliphatic heterocycles. The Morgan fingerprint density at radius 2 is 2.00 bits per heavy atom. The van der Waals surface area contributed by atoms with Crippen molar-refractivity contribution in [2.45, 2.75) is 26.2 Å². The van der Waals surface area contributed by atoms with Crippen LogP contribution >= 0.6 is 0 Å². The summed E-state index contributed by atoms with van der Waals surface area (Å²) in [5.74, 6) is 0.875. The molecule has 1 unspecified atom stereocenters. The zero-order valence-corrected chi connectivity index (χ0v) is 20.2. The van der Waals surface area contributed by atoms with Gasteiger partial charge in [0, 0.05) is 42.5 Å². The number of aryl methyl sites for hydroxylation is 1. The fourth-order valence-corrected chi connectivity index (χ4v) is 4.60. The van der Waals surface area contributed by atoms with Gasteiger partial charge in [0.25, 0.3) is 5.91 Å². The first kappa shape index (κ1) is 23.3. The Labute approximate surface area is 208 Å². The number of hydrogen-bond acceptors (Lipinski definition) is 6. The number of amides is 3. The molecule has 0 bridgehead atoms. The summed E-state index contributed by atoms with van der Waals surface area (Å²) in [7, 11) is 0. The van der Waals surface area contributed by atoms with Crippen molar-refractivity contribution in [2.24, 2.45) is 0 Å². The van der Waals surface area contributed by atoms with Gasteiger partial charge in [0.15, 0.2) is 5.65 Å². The molecule has 3 amide bonds. The van der Waals surface area contributed by atoms with Crippen LogP contribution in [-0.2, 0) is 0 Å². The van der Waals surface area contributed by atoms with E-state index in [-0.39, 0.29) is 17.9 Å². The highest BCUT2D eigenvalue weighted by molar-refractivity contribution is 5.97. The van der Waals surface area contributed by atoms with Gasteiger partial charge in [0.1, 0.15) is 12.1 Å². The van der Waals surface area contributed by atoms with Crippen LogP contribution in [0.3, 0.4) is 0 Å². The minimum Gasteiger partial charge on any atom is -0.352 e. The zero-order chi connectivity index (χ0) is 25.1. The molecule has 36 heavy (non-hydrogen) atoms. The third kappa shape index (κ3) is 4.57. The molecule has 0 saturated heterocycles. The Hall–Kier alpha value is -4.47. The Morgan fingerprint density at radius 1 is 1.14 bits per heavy atom. The van der Waals surface area contributed by atoms with Gasteiger partial charge in [-0.2, -0.15) is 5.10 Å². The fraction of sp³-hybridized carbons (Fsp3) is 0.269. The van der Waals surface area contributed by atoms with Gasteiger partial charge in [-0.1, -0.05) is 24.3 Å². The van der Waals surface area contributed by atoms with Crippen molar-refractivity contribution in [3.8, 4) is 0 Å². The number of fused-ring (bicyclic) bond motifs is 2. The molecule has 2 aromatic heterocycles. The van der Waals surface area contributed by atoms with Gasteiger partial charge in [-0.25, -0.2) is 14.8 Å². The molecule has 0 aliphatic carbocycles. The monoisotopic (exact) mass is 484 g/mol. The van der Waals surface area contributed by atoms with Gasteiger partial charge in [0.05, 0.1) is 11.6 Å². The number of aromatic nitrogens is 4. The minimum atomic E-state index is -0.301. The van der Waals surface area contributed by atoms with Crippen molar-refractivity contribution < 1.29 is 9.59 Å². The van der Waals surface area contributed by atoms with Crippen LogP contribution in [0.25, 0.3) is 11.0 Å². The second-order valence-electron chi connectivity index (χ2n) is 8.75. The molecule has 4 N–H and O–H groups in total. The normalized spacial score (nSPS) is 14.5. The van der Waals surface area contributed by atoms with E-state index in [0.717, 1.165) is 35.4 Å². The second kappa shape index (κ2) is 10.0. The van der Waals surface area contributed by atoms with Crippen molar-refractivity contribution in [1.29, 1.82) is 0 Å². The van der Waals surface area contributed by atoms with Crippen molar-refractivity contribution in [3.63, 3.8) is 0 Å². The lowest BCUT2D eigenvalue weighted by Gasteiger charge is -2.19. The number of benzene rings is 2. The van der Waals surface area contributed by atoms with E-state index in [0.29, 0.717) is 30.0 Å². The minimum absolute atomic E-state index is 0.165. The van der Waals surface area contributed by atoms with Gasteiger partial charge >= 0.3 is 6.03 Å². The van der Waals surface area contributed by atoms with E-state index in [1.165, 1.54) is 5.56 Å². The van der Waals surface area contributed by atoms with Crippen molar-refractivity contribution in [3.05, 3.63) is 71.7 Å². The third-order valence-corrected chi connectivity index (χ3v) is 6.42. The molecule has 10 nitrogen and oxygen atoms in total. The Balaban J connectivity index is 1.24. The van der Waals surface area contributed by atoms with Crippen LogP contribution in [-0.4, -0.2) is 51.7 Å². The summed E-state index contributed by atoms with van der Waals surface area (Å²) < 4.78 is 0. The van der Waals surface area contributed by atoms with E-state index in [1.807, 2.05) is 32.0 Å². The summed E-state index contributed by atoms with van der Waals surface area (Å²) in [5.41, 5.74) is 5.03. The van der Waals surface area contributed by atoms with Crippen LogP contribution in [0.4, 0.5) is 22.0 Å². The number of rotatable bonds is 7. The first-order chi connectivity index (χ1) is 17.5. The highest BCUT2D eigenvalue weighted by Crippen LogP contribution is 2.42. The number of carbonyl (C=O) groups is 2. The van der Waals surface area contributed by atoms with Gasteiger partial charge < -0.3 is 20.9 Å². The Kier molecular flexibility index (Phi) is 6.48. The molecule has 1 atom stereocenters. The summed E-state index contributed by atoms with van der Waals surface area (Å²) in [4.78, 5) is 35.8. The number of urea groups is 1. The van der Waals surface area contributed by atoms with Gasteiger partial charge in [-0.3, -0.25) is 9.89 Å². The lowest BCUT2D eigenvalue weighted by molar-refractivity contribution is 0.0956. The molecule has 0 saturated carbocycles. The van der Waals surface area contributed by atoms with Gasteiger partial charge in [0.2, 0.25) is 0 Å². The maximum atomic E-state index is 12.6. The maximum absolute atomic E-state index is 12.6.